The van der Waals surface area contributed by atoms with E-state index < -0.39 is 0 Å². The first kappa shape index (κ1) is 12.9. The number of anilines is 1. The first-order valence-corrected chi connectivity index (χ1v) is 8.13. The third kappa shape index (κ3) is 2.76. The van der Waals surface area contributed by atoms with E-state index in [2.05, 4.69) is 32.0 Å². The van der Waals surface area contributed by atoms with Crippen LogP contribution in [0.5, 0.6) is 0 Å². The summed E-state index contributed by atoms with van der Waals surface area (Å²) in [4.78, 5) is 7.19. The molecule has 0 N–H and O–H groups in total. The van der Waals surface area contributed by atoms with Crippen molar-refractivity contribution in [3.63, 3.8) is 0 Å². The smallest absolute Gasteiger partial charge is 0.157 e. The second-order valence-electron chi connectivity index (χ2n) is 5.09. The average molecular weight is 323 g/mol. The summed E-state index contributed by atoms with van der Waals surface area (Å²) in [6, 6.07) is 4.68. The number of hydrogen-bond acceptors (Lipinski definition) is 3. The predicted molar refractivity (Wildman–Crippen MR) is 81.0 cm³/mol. The lowest BCUT2D eigenvalue weighted by Crippen LogP contribution is -2.38. The highest BCUT2D eigenvalue weighted by Gasteiger charge is 2.22. The van der Waals surface area contributed by atoms with E-state index in [1.165, 1.54) is 32.1 Å². The lowest BCUT2D eigenvalue weighted by atomic mass is 9.94. The molecule has 19 heavy (non-hydrogen) atoms. The second-order valence-corrected chi connectivity index (χ2v) is 5.89. The van der Waals surface area contributed by atoms with Gasteiger partial charge in [-0.05, 0) is 18.9 Å². The molecule has 2 aromatic rings. The molecule has 2 heterocycles. The van der Waals surface area contributed by atoms with Crippen LogP contribution < -0.4 is 4.90 Å². The maximum Gasteiger partial charge on any atom is 0.157 e. The summed E-state index contributed by atoms with van der Waals surface area (Å²) in [5, 5.41) is 5.19. The molecule has 1 aliphatic carbocycles. The summed E-state index contributed by atoms with van der Waals surface area (Å²) in [7, 11) is 0. The summed E-state index contributed by atoms with van der Waals surface area (Å²) in [5.74, 6) is 1.08. The lowest BCUT2D eigenvalue weighted by Gasteiger charge is -2.35. The van der Waals surface area contributed by atoms with Gasteiger partial charge in [-0.15, -0.1) is 0 Å². The maximum atomic E-state index is 4.73. The van der Waals surface area contributed by atoms with E-state index in [1.807, 2.05) is 16.8 Å². The first-order valence-electron chi connectivity index (χ1n) is 7.01. The van der Waals surface area contributed by atoms with Crippen molar-refractivity contribution in [3.8, 4) is 0 Å². The lowest BCUT2D eigenvalue weighted by molar-refractivity contribution is 0.417. The fourth-order valence-electron chi connectivity index (χ4n) is 2.93. The van der Waals surface area contributed by atoms with E-state index >= 15 is 0 Å². The van der Waals surface area contributed by atoms with Gasteiger partial charge in [0, 0.05) is 30.2 Å². The number of rotatable bonds is 4. The van der Waals surface area contributed by atoms with Crippen molar-refractivity contribution < 1.29 is 0 Å². The van der Waals surface area contributed by atoms with Crippen LogP contribution in [0, 0.1) is 0 Å². The second kappa shape index (κ2) is 5.90. The van der Waals surface area contributed by atoms with E-state index in [9.17, 15) is 0 Å². The van der Waals surface area contributed by atoms with Crippen molar-refractivity contribution in [2.45, 2.75) is 38.1 Å². The number of hydrogen-bond donors (Lipinski definition) is 0. The Balaban J connectivity index is 1.88. The minimum Gasteiger partial charge on any atom is -0.353 e. The van der Waals surface area contributed by atoms with E-state index in [-0.39, 0.29) is 0 Å². The van der Waals surface area contributed by atoms with Gasteiger partial charge in [0.25, 0.3) is 0 Å². The number of fused-ring (bicyclic) bond motifs is 1. The Bertz CT molecular complexity index is 533. The van der Waals surface area contributed by atoms with Crippen molar-refractivity contribution in [1.29, 1.82) is 0 Å². The van der Waals surface area contributed by atoms with Gasteiger partial charge in [-0.25, -0.2) is 9.50 Å². The van der Waals surface area contributed by atoms with Crippen LogP contribution in [0.3, 0.4) is 0 Å². The topological polar surface area (TPSA) is 33.4 Å². The van der Waals surface area contributed by atoms with Crippen molar-refractivity contribution in [2.75, 3.05) is 16.8 Å². The molecule has 0 aromatic carbocycles. The van der Waals surface area contributed by atoms with E-state index in [4.69, 9.17) is 4.98 Å². The van der Waals surface area contributed by atoms with Gasteiger partial charge in [-0.1, -0.05) is 35.2 Å². The zero-order valence-electron chi connectivity index (χ0n) is 11.0. The first-order chi connectivity index (χ1) is 9.38. The Morgan fingerprint density at radius 3 is 2.89 bits per heavy atom. The van der Waals surface area contributed by atoms with Crippen molar-refractivity contribution in [1.82, 2.24) is 14.6 Å². The molecule has 1 aliphatic rings. The Morgan fingerprint density at radius 1 is 1.26 bits per heavy atom. The number of alkyl halides is 1. The van der Waals surface area contributed by atoms with Crippen LogP contribution in [0.25, 0.3) is 5.65 Å². The zero-order chi connectivity index (χ0) is 13.1. The molecule has 0 spiro atoms. The highest BCUT2D eigenvalue weighted by atomic mass is 79.9. The van der Waals surface area contributed by atoms with Crippen molar-refractivity contribution in [2.24, 2.45) is 0 Å². The largest absolute Gasteiger partial charge is 0.353 e. The minimum absolute atomic E-state index is 0.643. The summed E-state index contributed by atoms with van der Waals surface area (Å²) in [6.07, 6.45) is 10.5. The molecule has 5 heteroatoms. The number of aromatic nitrogens is 3. The molecule has 0 bridgehead atoms. The fraction of sp³-hybridized carbons (Fsp3) is 0.571. The van der Waals surface area contributed by atoms with Gasteiger partial charge < -0.3 is 4.90 Å². The Labute approximate surface area is 121 Å². The molecule has 102 valence electrons. The summed E-state index contributed by atoms with van der Waals surface area (Å²) in [5.41, 5.74) is 0.924. The van der Waals surface area contributed by atoms with Gasteiger partial charge in [0.2, 0.25) is 0 Å². The van der Waals surface area contributed by atoms with Crippen molar-refractivity contribution >= 4 is 27.4 Å². The van der Waals surface area contributed by atoms with Gasteiger partial charge in [-0.2, -0.15) is 5.10 Å². The van der Waals surface area contributed by atoms with Crippen LogP contribution in [-0.2, 0) is 0 Å². The van der Waals surface area contributed by atoms with Crippen LogP contribution in [0.4, 0.5) is 5.82 Å². The third-order valence-electron chi connectivity index (χ3n) is 3.88. The highest BCUT2D eigenvalue weighted by molar-refractivity contribution is 9.09. The number of nitrogens with zero attached hydrogens (tertiary/aromatic N) is 4. The van der Waals surface area contributed by atoms with Crippen LogP contribution in [0.15, 0.2) is 24.5 Å². The fourth-order valence-corrected chi connectivity index (χ4v) is 3.31. The van der Waals surface area contributed by atoms with Gasteiger partial charge in [-0.3, -0.25) is 0 Å². The molecule has 4 nitrogen and oxygen atoms in total. The van der Waals surface area contributed by atoms with Crippen LogP contribution in [-0.4, -0.2) is 32.5 Å². The van der Waals surface area contributed by atoms with Crippen molar-refractivity contribution in [3.05, 3.63) is 24.5 Å². The Morgan fingerprint density at radius 2 is 2.11 bits per heavy atom. The Kier molecular flexibility index (Phi) is 4.01. The molecule has 0 saturated heterocycles. The quantitative estimate of drug-likeness (QED) is 0.810. The Hall–Kier alpha value is -1.10. The van der Waals surface area contributed by atoms with Gasteiger partial charge in [0.15, 0.2) is 5.65 Å². The van der Waals surface area contributed by atoms with E-state index in [0.717, 1.165) is 23.3 Å². The molecule has 0 radical (unpaired) electrons. The molecule has 1 saturated carbocycles. The molecule has 0 aliphatic heterocycles. The standard InChI is InChI=1S/C14H19BrN4/c15-8-11-18(12-4-2-1-3-5-12)13-7-10-19-14(17-13)6-9-16-19/h6-7,9-10,12H,1-5,8,11H2. The highest BCUT2D eigenvalue weighted by Crippen LogP contribution is 2.26. The zero-order valence-corrected chi connectivity index (χ0v) is 12.6. The van der Waals surface area contributed by atoms with Gasteiger partial charge in [0.05, 0.1) is 6.20 Å². The van der Waals surface area contributed by atoms with Gasteiger partial charge >= 0.3 is 0 Å². The molecular formula is C14H19BrN4. The monoisotopic (exact) mass is 322 g/mol. The van der Waals surface area contributed by atoms with E-state index in [0.29, 0.717) is 6.04 Å². The normalized spacial score (nSPS) is 16.9. The molecule has 1 fully saturated rings. The molecule has 3 rings (SSSR count). The summed E-state index contributed by atoms with van der Waals surface area (Å²) in [6.45, 7) is 1.02. The summed E-state index contributed by atoms with van der Waals surface area (Å²) >= 11 is 3.57. The maximum absolute atomic E-state index is 4.73. The molecular weight excluding hydrogens is 304 g/mol. The van der Waals surface area contributed by atoms with E-state index in [1.54, 1.807) is 6.20 Å². The number of halogens is 1. The predicted octanol–water partition coefficient (Wildman–Crippen LogP) is 3.26. The van der Waals surface area contributed by atoms with Crippen LogP contribution >= 0.6 is 15.9 Å². The third-order valence-corrected chi connectivity index (χ3v) is 4.23. The van der Waals surface area contributed by atoms with Crippen LogP contribution in [0.1, 0.15) is 32.1 Å². The minimum atomic E-state index is 0.643. The van der Waals surface area contributed by atoms with Gasteiger partial charge in [0.1, 0.15) is 5.82 Å². The van der Waals surface area contributed by atoms with Crippen LogP contribution in [0.2, 0.25) is 0 Å². The SMILES string of the molecule is BrCCN(c1ccn2nccc2n1)C1CCCCC1. The molecule has 0 amide bonds. The average Bonchev–Trinajstić information content (AvgIpc) is 2.93. The molecule has 2 aromatic heterocycles. The molecule has 0 unspecified atom stereocenters. The summed E-state index contributed by atoms with van der Waals surface area (Å²) < 4.78 is 1.82. The molecule has 0 atom stereocenters.